The summed E-state index contributed by atoms with van der Waals surface area (Å²) in [6.07, 6.45) is 0.461. The van der Waals surface area contributed by atoms with Gasteiger partial charge in [0.1, 0.15) is 5.82 Å². The molecule has 3 heteroatoms. The molecule has 110 valence electrons. The average molecular weight is 302 g/mol. The summed E-state index contributed by atoms with van der Waals surface area (Å²) in [7, 11) is 0. The zero-order valence-electron chi connectivity index (χ0n) is 12.3. The lowest BCUT2D eigenvalue weighted by Gasteiger charge is -2.06. The number of thioether (sulfide) groups is 1. The molecule has 0 aliphatic heterocycles. The van der Waals surface area contributed by atoms with E-state index in [2.05, 4.69) is 38.1 Å². The van der Waals surface area contributed by atoms with Crippen molar-refractivity contribution in [2.45, 2.75) is 31.1 Å². The molecule has 0 fully saturated rings. The minimum absolute atomic E-state index is 0.0568. The summed E-state index contributed by atoms with van der Waals surface area (Å²) in [6, 6.07) is 14.2. The summed E-state index contributed by atoms with van der Waals surface area (Å²) in [5.74, 6) is 1.01. The fourth-order valence-corrected chi connectivity index (χ4v) is 2.84. The van der Waals surface area contributed by atoms with E-state index in [1.807, 2.05) is 0 Å². The predicted octanol–water partition coefficient (Wildman–Crippen LogP) is 5.31. The first-order chi connectivity index (χ1) is 10.1. The Balaban J connectivity index is 1.83. The molecule has 0 aliphatic carbocycles. The van der Waals surface area contributed by atoms with Crippen LogP contribution in [0.5, 0.6) is 0 Å². The summed E-state index contributed by atoms with van der Waals surface area (Å²) >= 11 is 1.67. The van der Waals surface area contributed by atoms with Crippen molar-refractivity contribution in [2.75, 3.05) is 5.75 Å². The number of benzene rings is 2. The first-order valence-corrected chi connectivity index (χ1v) is 8.06. The van der Waals surface area contributed by atoms with Crippen LogP contribution in [0.3, 0.4) is 0 Å². The number of hydrogen-bond acceptors (Lipinski definition) is 2. The van der Waals surface area contributed by atoms with Crippen molar-refractivity contribution in [3.8, 4) is 0 Å². The molecule has 21 heavy (non-hydrogen) atoms. The molecule has 1 nitrogen and oxygen atoms in total. The Morgan fingerprint density at radius 2 is 1.67 bits per heavy atom. The van der Waals surface area contributed by atoms with Gasteiger partial charge >= 0.3 is 0 Å². The smallest absolute Gasteiger partial charge is 0.163 e. The number of ketones is 1. The third kappa shape index (κ3) is 4.71. The van der Waals surface area contributed by atoms with Crippen LogP contribution in [0.15, 0.2) is 53.4 Å². The Morgan fingerprint density at radius 3 is 2.24 bits per heavy atom. The highest BCUT2D eigenvalue weighted by molar-refractivity contribution is 7.99. The topological polar surface area (TPSA) is 17.1 Å². The first kappa shape index (κ1) is 15.8. The molecule has 0 atom stereocenters. The molecule has 0 radical (unpaired) electrons. The fourth-order valence-electron chi connectivity index (χ4n) is 1.99. The molecule has 0 heterocycles. The quantitative estimate of drug-likeness (QED) is 0.531. The summed E-state index contributed by atoms with van der Waals surface area (Å²) in [4.78, 5) is 13.1. The summed E-state index contributed by atoms with van der Waals surface area (Å²) in [5, 5.41) is 0. The maximum atomic E-state index is 12.8. The lowest BCUT2D eigenvalue weighted by Crippen LogP contribution is -2.00. The highest BCUT2D eigenvalue weighted by atomic mass is 32.2. The van der Waals surface area contributed by atoms with Gasteiger partial charge in [-0.2, -0.15) is 0 Å². The van der Waals surface area contributed by atoms with E-state index >= 15 is 0 Å². The summed E-state index contributed by atoms with van der Waals surface area (Å²) < 4.78 is 12.8. The minimum atomic E-state index is -0.314. The Hall–Kier alpha value is -1.61. The van der Waals surface area contributed by atoms with Crippen LogP contribution in [0.1, 0.15) is 42.1 Å². The van der Waals surface area contributed by atoms with Gasteiger partial charge in [0.05, 0.1) is 0 Å². The van der Waals surface area contributed by atoms with Crippen LogP contribution in [0, 0.1) is 5.82 Å². The lowest BCUT2D eigenvalue weighted by atomic mass is 10.0. The fraction of sp³-hybridized carbons (Fsp3) is 0.278. The van der Waals surface area contributed by atoms with Crippen LogP contribution >= 0.6 is 11.8 Å². The van der Waals surface area contributed by atoms with Crippen LogP contribution in [-0.4, -0.2) is 11.5 Å². The summed E-state index contributed by atoms with van der Waals surface area (Å²) in [6.45, 7) is 4.34. The highest BCUT2D eigenvalue weighted by Crippen LogP contribution is 2.22. The van der Waals surface area contributed by atoms with Gasteiger partial charge in [-0.1, -0.05) is 26.0 Å². The van der Waals surface area contributed by atoms with Crippen LogP contribution in [-0.2, 0) is 0 Å². The SMILES string of the molecule is CC(C)c1ccc(SCCC(=O)c2ccc(F)cc2)cc1. The molecule has 2 aromatic rings. The van der Waals surface area contributed by atoms with Crippen molar-refractivity contribution >= 4 is 17.5 Å². The number of hydrogen-bond donors (Lipinski definition) is 0. The lowest BCUT2D eigenvalue weighted by molar-refractivity contribution is 0.0989. The second-order valence-corrected chi connectivity index (χ2v) is 6.42. The van der Waals surface area contributed by atoms with Crippen molar-refractivity contribution < 1.29 is 9.18 Å². The number of halogens is 1. The largest absolute Gasteiger partial charge is 0.294 e. The second kappa shape index (κ2) is 7.41. The van der Waals surface area contributed by atoms with Gasteiger partial charge in [-0.3, -0.25) is 4.79 Å². The highest BCUT2D eigenvalue weighted by Gasteiger charge is 2.06. The molecule has 2 rings (SSSR count). The average Bonchev–Trinajstić information content (AvgIpc) is 2.48. The molecule has 0 N–H and O–H groups in total. The van der Waals surface area contributed by atoms with Crippen molar-refractivity contribution in [1.82, 2.24) is 0 Å². The number of carbonyl (C=O) groups excluding carboxylic acids is 1. The van der Waals surface area contributed by atoms with Crippen LogP contribution in [0.2, 0.25) is 0 Å². The number of rotatable bonds is 6. The van der Waals surface area contributed by atoms with E-state index in [-0.39, 0.29) is 11.6 Å². The molecule has 0 aliphatic rings. The minimum Gasteiger partial charge on any atom is -0.294 e. The van der Waals surface area contributed by atoms with E-state index in [0.29, 0.717) is 17.9 Å². The standard InChI is InChI=1S/C18H19FOS/c1-13(2)14-5-9-17(10-6-14)21-12-11-18(20)15-3-7-16(19)8-4-15/h3-10,13H,11-12H2,1-2H3. The third-order valence-electron chi connectivity index (χ3n) is 3.31. The maximum Gasteiger partial charge on any atom is 0.163 e. The van der Waals surface area contributed by atoms with Gasteiger partial charge in [0.2, 0.25) is 0 Å². The van der Waals surface area contributed by atoms with Crippen LogP contribution in [0.4, 0.5) is 4.39 Å². The van der Waals surface area contributed by atoms with Gasteiger partial charge in [0.25, 0.3) is 0 Å². The Kier molecular flexibility index (Phi) is 5.57. The van der Waals surface area contributed by atoms with E-state index in [1.165, 1.54) is 22.6 Å². The molecule has 0 amide bonds. The molecule has 0 saturated heterocycles. The van der Waals surface area contributed by atoms with Gasteiger partial charge in [0.15, 0.2) is 5.78 Å². The molecule has 0 unspecified atom stereocenters. The first-order valence-electron chi connectivity index (χ1n) is 7.08. The zero-order valence-corrected chi connectivity index (χ0v) is 13.1. The van der Waals surface area contributed by atoms with Crippen molar-refractivity contribution in [3.05, 3.63) is 65.5 Å². The van der Waals surface area contributed by atoms with Crippen molar-refractivity contribution in [3.63, 3.8) is 0 Å². The van der Waals surface area contributed by atoms with E-state index in [1.54, 1.807) is 23.9 Å². The van der Waals surface area contributed by atoms with E-state index in [0.717, 1.165) is 5.75 Å². The van der Waals surface area contributed by atoms with Gasteiger partial charge in [-0.05, 0) is 47.9 Å². The Labute approximate surface area is 129 Å². The second-order valence-electron chi connectivity index (χ2n) is 5.25. The van der Waals surface area contributed by atoms with Gasteiger partial charge in [0, 0.05) is 22.6 Å². The normalized spacial score (nSPS) is 10.9. The predicted molar refractivity (Wildman–Crippen MR) is 86.6 cm³/mol. The zero-order chi connectivity index (χ0) is 15.2. The molecule has 0 bridgehead atoms. The number of Topliss-reactive ketones (excluding diaryl/α,β-unsaturated/α-hetero) is 1. The summed E-state index contributed by atoms with van der Waals surface area (Å²) in [5.41, 5.74) is 1.90. The Bertz CT molecular complexity index is 588. The van der Waals surface area contributed by atoms with E-state index in [4.69, 9.17) is 0 Å². The number of carbonyl (C=O) groups is 1. The third-order valence-corrected chi connectivity index (χ3v) is 4.32. The molecular formula is C18H19FOS. The van der Waals surface area contributed by atoms with Crippen molar-refractivity contribution in [2.24, 2.45) is 0 Å². The molecule has 0 saturated carbocycles. The van der Waals surface area contributed by atoms with E-state index < -0.39 is 0 Å². The molecule has 0 aromatic heterocycles. The molecule has 2 aromatic carbocycles. The maximum absolute atomic E-state index is 12.8. The van der Waals surface area contributed by atoms with Gasteiger partial charge in [-0.25, -0.2) is 4.39 Å². The van der Waals surface area contributed by atoms with Crippen LogP contribution in [0.25, 0.3) is 0 Å². The van der Waals surface area contributed by atoms with E-state index in [9.17, 15) is 9.18 Å². The molecular weight excluding hydrogens is 283 g/mol. The molecule has 0 spiro atoms. The van der Waals surface area contributed by atoms with Gasteiger partial charge < -0.3 is 0 Å². The van der Waals surface area contributed by atoms with Gasteiger partial charge in [-0.15, -0.1) is 11.8 Å². The monoisotopic (exact) mass is 302 g/mol. The Morgan fingerprint density at radius 1 is 1.05 bits per heavy atom. The van der Waals surface area contributed by atoms with Crippen molar-refractivity contribution in [1.29, 1.82) is 0 Å². The van der Waals surface area contributed by atoms with Crippen LogP contribution < -0.4 is 0 Å².